The summed E-state index contributed by atoms with van der Waals surface area (Å²) in [6, 6.07) is 3.98. The number of fused-ring (bicyclic) bond motifs is 1. The number of methoxy groups -OCH3 is 1. The van der Waals surface area contributed by atoms with Crippen LogP contribution >= 0.6 is 22.7 Å². The third-order valence-corrected chi connectivity index (χ3v) is 5.71. The van der Waals surface area contributed by atoms with Gasteiger partial charge in [-0.2, -0.15) is 0 Å². The van der Waals surface area contributed by atoms with Gasteiger partial charge >= 0.3 is 0 Å². The zero-order valence-electron chi connectivity index (χ0n) is 12.2. The summed E-state index contributed by atoms with van der Waals surface area (Å²) in [5.41, 5.74) is 8.77. The average Bonchev–Trinajstić information content (AvgIpc) is 3.24. The van der Waals surface area contributed by atoms with Crippen molar-refractivity contribution in [3.63, 3.8) is 0 Å². The van der Waals surface area contributed by atoms with Crippen molar-refractivity contribution in [2.45, 2.75) is 12.8 Å². The molecule has 0 spiro atoms. The first-order valence-electron chi connectivity index (χ1n) is 7.20. The lowest BCUT2D eigenvalue weighted by Gasteiger charge is -2.12. The third kappa shape index (κ3) is 2.21. The zero-order valence-corrected chi connectivity index (χ0v) is 13.8. The molecule has 2 aromatic heterocycles. The number of rotatable bonds is 3. The van der Waals surface area contributed by atoms with Gasteiger partial charge in [-0.05, 0) is 25.0 Å². The summed E-state index contributed by atoms with van der Waals surface area (Å²) in [6.45, 7) is 2.22. The number of benzene rings is 1. The summed E-state index contributed by atoms with van der Waals surface area (Å²) in [4.78, 5) is 11.6. The molecule has 5 nitrogen and oxygen atoms in total. The van der Waals surface area contributed by atoms with E-state index < -0.39 is 0 Å². The molecule has 1 aromatic carbocycles. The van der Waals surface area contributed by atoms with Crippen molar-refractivity contribution in [1.29, 1.82) is 0 Å². The van der Waals surface area contributed by atoms with Crippen molar-refractivity contribution in [1.82, 2.24) is 9.97 Å². The molecule has 0 radical (unpaired) electrons. The van der Waals surface area contributed by atoms with Gasteiger partial charge in [-0.1, -0.05) is 11.3 Å². The second kappa shape index (κ2) is 5.40. The minimum absolute atomic E-state index is 0.552. The van der Waals surface area contributed by atoms with E-state index in [4.69, 9.17) is 15.5 Å². The van der Waals surface area contributed by atoms with Crippen LogP contribution in [0.4, 0.5) is 10.3 Å². The molecule has 0 unspecified atom stereocenters. The van der Waals surface area contributed by atoms with Crippen LogP contribution in [0.1, 0.15) is 12.8 Å². The van der Waals surface area contributed by atoms with Crippen molar-refractivity contribution in [2.24, 2.45) is 0 Å². The Labute approximate surface area is 136 Å². The molecule has 0 aliphatic carbocycles. The molecule has 3 aromatic rings. The van der Waals surface area contributed by atoms with Gasteiger partial charge in [-0.3, -0.25) is 0 Å². The van der Waals surface area contributed by atoms with Crippen molar-refractivity contribution >= 4 is 43.2 Å². The zero-order chi connectivity index (χ0) is 15.1. The molecule has 0 bridgehead atoms. The Morgan fingerprint density at radius 1 is 1.23 bits per heavy atom. The minimum atomic E-state index is 0.552. The van der Waals surface area contributed by atoms with Gasteiger partial charge in [0.1, 0.15) is 11.3 Å². The Balaban J connectivity index is 1.80. The maximum absolute atomic E-state index is 5.89. The number of anilines is 2. The molecular formula is C15H16N4OS2. The van der Waals surface area contributed by atoms with Crippen LogP contribution in [0.25, 0.3) is 21.5 Å². The van der Waals surface area contributed by atoms with Gasteiger partial charge < -0.3 is 15.4 Å². The molecule has 1 saturated heterocycles. The van der Waals surface area contributed by atoms with Gasteiger partial charge in [0.2, 0.25) is 0 Å². The smallest absolute Gasteiger partial charge is 0.185 e. The topological polar surface area (TPSA) is 64.3 Å². The Hall–Kier alpha value is -1.86. The van der Waals surface area contributed by atoms with E-state index >= 15 is 0 Å². The standard InChI is InChI=1S/C15H16N4OS2/c1-20-11-5-4-9(13-12(11)18-14(16)22-13)10-8-21-15(17-10)19-6-2-3-7-19/h4-5,8H,2-3,6-7H2,1H3,(H2,16,18). The number of thiazole rings is 2. The Bertz CT molecular complexity index is 820. The number of nitrogens with two attached hydrogens (primary N) is 1. The maximum atomic E-state index is 5.89. The van der Waals surface area contributed by atoms with Crippen molar-refractivity contribution in [3.05, 3.63) is 17.5 Å². The van der Waals surface area contributed by atoms with Gasteiger partial charge in [0, 0.05) is 24.0 Å². The number of nitrogen functional groups attached to an aromatic ring is 1. The lowest BCUT2D eigenvalue weighted by atomic mass is 10.1. The highest BCUT2D eigenvalue weighted by Crippen LogP contribution is 2.40. The normalized spacial score (nSPS) is 14.9. The molecule has 0 saturated carbocycles. The number of ether oxygens (including phenoxy) is 1. The summed E-state index contributed by atoms with van der Waals surface area (Å²) in [6.07, 6.45) is 2.51. The summed E-state index contributed by atoms with van der Waals surface area (Å²) >= 11 is 3.19. The molecule has 22 heavy (non-hydrogen) atoms. The number of hydrogen-bond acceptors (Lipinski definition) is 7. The van der Waals surface area contributed by atoms with E-state index in [1.165, 1.54) is 24.2 Å². The van der Waals surface area contributed by atoms with E-state index in [0.717, 1.165) is 45.4 Å². The second-order valence-corrected chi connectivity index (χ2v) is 7.12. The average molecular weight is 332 g/mol. The highest BCUT2D eigenvalue weighted by molar-refractivity contribution is 7.22. The first kappa shape index (κ1) is 13.8. The molecule has 0 atom stereocenters. The van der Waals surface area contributed by atoms with E-state index in [2.05, 4.69) is 15.3 Å². The summed E-state index contributed by atoms with van der Waals surface area (Å²) in [5.74, 6) is 0.752. The minimum Gasteiger partial charge on any atom is -0.494 e. The predicted octanol–water partition coefficient (Wildman–Crippen LogP) is 3.61. The van der Waals surface area contributed by atoms with Crippen LogP contribution in [0.15, 0.2) is 17.5 Å². The third-order valence-electron chi connectivity index (χ3n) is 3.89. The molecule has 0 amide bonds. The highest BCUT2D eigenvalue weighted by atomic mass is 32.1. The van der Waals surface area contributed by atoms with E-state index in [9.17, 15) is 0 Å². The first-order chi connectivity index (χ1) is 10.8. The van der Waals surface area contributed by atoms with Crippen LogP contribution in [-0.4, -0.2) is 30.2 Å². The SMILES string of the molecule is COc1ccc(-c2csc(N3CCCC3)n2)c2sc(N)nc12. The van der Waals surface area contributed by atoms with Crippen LogP contribution in [0.3, 0.4) is 0 Å². The van der Waals surface area contributed by atoms with Crippen LogP contribution in [-0.2, 0) is 0 Å². The van der Waals surface area contributed by atoms with Crippen molar-refractivity contribution in [2.75, 3.05) is 30.8 Å². The second-order valence-electron chi connectivity index (χ2n) is 5.25. The Morgan fingerprint density at radius 3 is 2.82 bits per heavy atom. The van der Waals surface area contributed by atoms with Crippen molar-refractivity contribution < 1.29 is 4.74 Å². The van der Waals surface area contributed by atoms with Crippen LogP contribution in [0.2, 0.25) is 0 Å². The molecule has 114 valence electrons. The van der Waals surface area contributed by atoms with Crippen molar-refractivity contribution in [3.8, 4) is 17.0 Å². The van der Waals surface area contributed by atoms with E-state index in [1.54, 1.807) is 18.4 Å². The number of hydrogen-bond donors (Lipinski definition) is 1. The van der Waals surface area contributed by atoms with Gasteiger partial charge in [-0.15, -0.1) is 11.3 Å². The lowest BCUT2D eigenvalue weighted by Crippen LogP contribution is -2.17. The molecule has 3 heterocycles. The summed E-state index contributed by atoms with van der Waals surface area (Å²) in [5, 5.41) is 3.77. The molecule has 1 fully saturated rings. The molecule has 4 rings (SSSR count). The van der Waals surface area contributed by atoms with Crippen LogP contribution < -0.4 is 15.4 Å². The van der Waals surface area contributed by atoms with Gasteiger partial charge in [0.15, 0.2) is 10.3 Å². The highest BCUT2D eigenvalue weighted by Gasteiger charge is 2.19. The first-order valence-corrected chi connectivity index (χ1v) is 8.90. The van der Waals surface area contributed by atoms with E-state index in [1.807, 2.05) is 12.1 Å². The number of aromatic nitrogens is 2. The van der Waals surface area contributed by atoms with Gasteiger partial charge in [0.25, 0.3) is 0 Å². The molecule has 2 N–H and O–H groups in total. The fraction of sp³-hybridized carbons (Fsp3) is 0.333. The predicted molar refractivity (Wildman–Crippen MR) is 93.1 cm³/mol. The molecular weight excluding hydrogens is 316 g/mol. The summed E-state index contributed by atoms with van der Waals surface area (Å²) < 4.78 is 6.42. The fourth-order valence-electron chi connectivity index (χ4n) is 2.81. The summed E-state index contributed by atoms with van der Waals surface area (Å²) in [7, 11) is 1.65. The quantitative estimate of drug-likeness (QED) is 0.794. The Morgan fingerprint density at radius 2 is 2.05 bits per heavy atom. The number of nitrogens with zero attached hydrogens (tertiary/aromatic N) is 3. The maximum Gasteiger partial charge on any atom is 0.185 e. The molecule has 1 aliphatic rings. The monoisotopic (exact) mass is 332 g/mol. The van der Waals surface area contributed by atoms with Crippen LogP contribution in [0.5, 0.6) is 5.75 Å². The largest absolute Gasteiger partial charge is 0.494 e. The van der Waals surface area contributed by atoms with E-state index in [0.29, 0.717) is 5.13 Å². The molecule has 1 aliphatic heterocycles. The Kier molecular flexibility index (Phi) is 3.38. The molecule has 7 heteroatoms. The van der Waals surface area contributed by atoms with Gasteiger partial charge in [0.05, 0.1) is 17.5 Å². The van der Waals surface area contributed by atoms with E-state index in [-0.39, 0.29) is 0 Å². The lowest BCUT2D eigenvalue weighted by molar-refractivity contribution is 0.419. The van der Waals surface area contributed by atoms with Gasteiger partial charge in [-0.25, -0.2) is 9.97 Å². The fourth-order valence-corrected chi connectivity index (χ4v) is 4.56. The van der Waals surface area contributed by atoms with Crippen LogP contribution in [0, 0.1) is 0 Å².